The molecule has 0 fully saturated rings. The van der Waals surface area contributed by atoms with Gasteiger partial charge in [-0.15, -0.1) is 4.98 Å². The van der Waals surface area contributed by atoms with Crippen LogP contribution in [0.5, 0.6) is 6.01 Å². The maximum absolute atomic E-state index is 12.6. The molecule has 1 heterocycles. The summed E-state index contributed by atoms with van der Waals surface area (Å²) < 4.78 is 41.0. The molecule has 18 heavy (non-hydrogen) atoms. The Morgan fingerprint density at radius 3 is 2.61 bits per heavy atom. The predicted molar refractivity (Wildman–Crippen MR) is 57.7 cm³/mol. The fourth-order valence-corrected chi connectivity index (χ4v) is 2.10. The van der Waals surface area contributed by atoms with Crippen LogP contribution in [-0.4, -0.2) is 29.3 Å². The summed E-state index contributed by atoms with van der Waals surface area (Å²) in [5.41, 5.74) is 0. The van der Waals surface area contributed by atoms with Crippen LogP contribution in [-0.2, 0) is 9.84 Å². The lowest BCUT2D eigenvalue weighted by Gasteiger charge is -2.05. The van der Waals surface area contributed by atoms with E-state index < -0.39 is 27.9 Å². The van der Waals surface area contributed by atoms with Crippen molar-refractivity contribution in [2.24, 2.45) is 0 Å². The number of ether oxygens (including phenoxy) is 1. The van der Waals surface area contributed by atoms with Crippen molar-refractivity contribution in [3.05, 3.63) is 42.7 Å². The zero-order valence-corrected chi connectivity index (χ0v) is 9.76. The van der Waals surface area contributed by atoms with E-state index in [1.165, 1.54) is 12.1 Å². The van der Waals surface area contributed by atoms with Gasteiger partial charge in [-0.3, -0.25) is 0 Å². The van der Waals surface area contributed by atoms with Gasteiger partial charge in [-0.1, -0.05) is 18.2 Å². The molecule has 2 rings (SSSR count). The quantitative estimate of drug-likeness (QED) is 0.808. The lowest BCUT2D eigenvalue weighted by Crippen LogP contribution is -2.14. The second kappa shape index (κ2) is 5.05. The summed E-state index contributed by atoms with van der Waals surface area (Å²) in [4.78, 5) is 9.63. The van der Waals surface area contributed by atoms with Crippen LogP contribution in [0.3, 0.4) is 0 Å². The van der Waals surface area contributed by atoms with Gasteiger partial charge in [0.1, 0.15) is 0 Å². The molecule has 1 aromatic heterocycles. The zero-order chi connectivity index (χ0) is 13.0. The molecule has 0 aliphatic rings. The Labute approximate surface area is 102 Å². The smallest absolute Gasteiger partial charge is 0.323 e. The van der Waals surface area contributed by atoms with Crippen molar-refractivity contribution in [1.29, 1.82) is 0 Å². The Morgan fingerprint density at radius 2 is 1.94 bits per heavy atom. The number of aromatic nitrogens is 3. The first-order chi connectivity index (χ1) is 8.58. The van der Waals surface area contributed by atoms with E-state index in [0.717, 1.165) is 0 Å². The maximum Gasteiger partial charge on any atom is 0.323 e. The molecule has 0 spiro atoms. The SMILES string of the molecule is O=S(=O)(COc1n[c]nc(F)n1)c1ccccc1. The van der Waals surface area contributed by atoms with Crippen molar-refractivity contribution in [1.82, 2.24) is 15.0 Å². The van der Waals surface area contributed by atoms with Crippen LogP contribution in [0.1, 0.15) is 0 Å². The Kier molecular flexibility index (Phi) is 3.47. The minimum absolute atomic E-state index is 0.100. The van der Waals surface area contributed by atoms with Crippen LogP contribution in [0, 0.1) is 12.4 Å². The average molecular weight is 268 g/mol. The lowest BCUT2D eigenvalue weighted by molar-refractivity contribution is 0.333. The second-order valence-corrected chi connectivity index (χ2v) is 5.11. The van der Waals surface area contributed by atoms with E-state index in [1.807, 2.05) is 6.33 Å². The van der Waals surface area contributed by atoms with Crippen molar-refractivity contribution >= 4 is 9.84 Å². The molecule has 0 bridgehead atoms. The second-order valence-electron chi connectivity index (χ2n) is 3.18. The molecule has 0 unspecified atom stereocenters. The van der Waals surface area contributed by atoms with Crippen LogP contribution in [0.4, 0.5) is 4.39 Å². The molecule has 0 aliphatic carbocycles. The van der Waals surface area contributed by atoms with Gasteiger partial charge in [-0.2, -0.15) is 14.4 Å². The van der Waals surface area contributed by atoms with Crippen molar-refractivity contribution in [2.45, 2.75) is 4.90 Å². The van der Waals surface area contributed by atoms with Gasteiger partial charge >= 0.3 is 12.1 Å². The first-order valence-corrected chi connectivity index (χ1v) is 6.41. The summed E-state index contributed by atoms with van der Waals surface area (Å²) >= 11 is 0. The topological polar surface area (TPSA) is 82.0 Å². The molecular formula is C10H7FN3O3S. The Bertz CT molecular complexity index is 634. The first-order valence-electron chi connectivity index (χ1n) is 4.76. The third kappa shape index (κ3) is 2.98. The van der Waals surface area contributed by atoms with Gasteiger partial charge in [0.2, 0.25) is 16.2 Å². The van der Waals surface area contributed by atoms with Gasteiger partial charge in [0.25, 0.3) is 0 Å². The molecule has 0 atom stereocenters. The highest BCUT2D eigenvalue weighted by Crippen LogP contribution is 2.11. The van der Waals surface area contributed by atoms with Gasteiger partial charge in [-0.05, 0) is 12.1 Å². The van der Waals surface area contributed by atoms with Crippen molar-refractivity contribution in [2.75, 3.05) is 5.94 Å². The third-order valence-corrected chi connectivity index (χ3v) is 3.34. The Hall–Kier alpha value is -2.09. The molecule has 2 aromatic rings. The van der Waals surface area contributed by atoms with E-state index in [4.69, 9.17) is 4.74 Å². The molecule has 1 radical (unpaired) electrons. The summed E-state index contributed by atoms with van der Waals surface area (Å²) in [5, 5.41) is 0. The van der Waals surface area contributed by atoms with Gasteiger partial charge in [0.15, 0.2) is 5.94 Å². The minimum atomic E-state index is -3.63. The van der Waals surface area contributed by atoms with E-state index in [-0.39, 0.29) is 4.90 Å². The van der Waals surface area contributed by atoms with E-state index in [0.29, 0.717) is 0 Å². The fraction of sp³-hybridized carbons (Fsp3) is 0.100. The standard InChI is InChI=1S/C10H7FN3O3S/c11-9-12-6-13-10(14-9)17-7-18(15,16)8-4-2-1-3-5-8/h1-5H,7H2. The molecule has 0 saturated heterocycles. The summed E-state index contributed by atoms with van der Waals surface area (Å²) in [7, 11) is -3.63. The average Bonchev–Trinajstić information content (AvgIpc) is 2.38. The third-order valence-electron chi connectivity index (χ3n) is 1.92. The van der Waals surface area contributed by atoms with E-state index in [2.05, 4.69) is 15.0 Å². The number of hydrogen-bond acceptors (Lipinski definition) is 6. The van der Waals surface area contributed by atoms with Crippen LogP contribution in [0.2, 0.25) is 0 Å². The Balaban J connectivity index is 2.11. The summed E-state index contributed by atoms with van der Waals surface area (Å²) in [6.45, 7) is 0. The largest absolute Gasteiger partial charge is 0.446 e. The predicted octanol–water partition coefficient (Wildman–Crippen LogP) is 0.621. The summed E-state index contributed by atoms with van der Waals surface area (Å²) in [5.74, 6) is -0.686. The molecule has 0 amide bonds. The van der Waals surface area contributed by atoms with Crippen LogP contribution >= 0.6 is 0 Å². The van der Waals surface area contributed by atoms with E-state index in [1.54, 1.807) is 18.2 Å². The van der Waals surface area contributed by atoms with Crippen molar-refractivity contribution in [3.8, 4) is 6.01 Å². The number of halogens is 1. The van der Waals surface area contributed by atoms with Crippen LogP contribution < -0.4 is 4.74 Å². The monoisotopic (exact) mass is 268 g/mol. The zero-order valence-electron chi connectivity index (χ0n) is 8.95. The molecule has 93 valence electrons. The lowest BCUT2D eigenvalue weighted by atomic mass is 10.4. The maximum atomic E-state index is 12.6. The minimum Gasteiger partial charge on any atom is -0.446 e. The highest BCUT2D eigenvalue weighted by molar-refractivity contribution is 7.91. The van der Waals surface area contributed by atoms with Crippen LogP contribution in [0.15, 0.2) is 35.2 Å². The number of nitrogens with zero attached hydrogens (tertiary/aromatic N) is 3. The fourth-order valence-electron chi connectivity index (χ4n) is 1.13. The van der Waals surface area contributed by atoms with Gasteiger partial charge < -0.3 is 4.74 Å². The van der Waals surface area contributed by atoms with E-state index in [9.17, 15) is 12.8 Å². The first kappa shape index (κ1) is 12.4. The molecule has 8 heteroatoms. The highest BCUT2D eigenvalue weighted by atomic mass is 32.2. The number of benzene rings is 1. The van der Waals surface area contributed by atoms with Crippen LogP contribution in [0.25, 0.3) is 0 Å². The summed E-state index contributed by atoms with van der Waals surface area (Å²) in [6, 6.07) is 7.29. The van der Waals surface area contributed by atoms with Gasteiger partial charge in [0.05, 0.1) is 4.90 Å². The molecule has 6 nitrogen and oxygen atoms in total. The van der Waals surface area contributed by atoms with E-state index >= 15 is 0 Å². The van der Waals surface area contributed by atoms with Crippen molar-refractivity contribution < 1.29 is 17.5 Å². The number of rotatable bonds is 4. The summed E-state index contributed by atoms with van der Waals surface area (Å²) in [6.07, 6.45) is 0.862. The molecular weight excluding hydrogens is 261 g/mol. The normalized spacial score (nSPS) is 11.2. The molecule has 1 aromatic carbocycles. The number of hydrogen-bond donors (Lipinski definition) is 0. The molecule has 0 aliphatic heterocycles. The number of sulfone groups is 1. The Morgan fingerprint density at radius 1 is 1.22 bits per heavy atom. The van der Waals surface area contributed by atoms with Gasteiger partial charge in [0, 0.05) is 0 Å². The van der Waals surface area contributed by atoms with Crippen molar-refractivity contribution in [3.63, 3.8) is 0 Å². The molecule has 0 saturated carbocycles. The highest BCUT2D eigenvalue weighted by Gasteiger charge is 2.15. The molecule has 0 N–H and O–H groups in total. The van der Waals surface area contributed by atoms with Gasteiger partial charge in [-0.25, -0.2) is 8.42 Å².